The van der Waals surface area contributed by atoms with Crippen LogP contribution in [0.4, 0.5) is 5.69 Å². The van der Waals surface area contributed by atoms with Gasteiger partial charge in [-0.15, -0.1) is 11.8 Å². The first-order valence-electron chi connectivity index (χ1n) is 8.41. The van der Waals surface area contributed by atoms with Gasteiger partial charge in [0.25, 0.3) is 0 Å². The molecule has 1 atom stereocenters. The predicted molar refractivity (Wildman–Crippen MR) is 98.3 cm³/mol. The van der Waals surface area contributed by atoms with Crippen molar-refractivity contribution in [2.75, 3.05) is 11.1 Å². The molecule has 6 heteroatoms. The minimum absolute atomic E-state index is 0.0519. The Labute approximate surface area is 151 Å². The van der Waals surface area contributed by atoms with Gasteiger partial charge in [-0.2, -0.15) is 5.26 Å². The highest BCUT2D eigenvalue weighted by Gasteiger charge is 2.19. The van der Waals surface area contributed by atoms with E-state index in [4.69, 9.17) is 4.98 Å². The average molecular weight is 352 g/mol. The first kappa shape index (κ1) is 17.4. The molecule has 2 aromatic heterocycles. The summed E-state index contributed by atoms with van der Waals surface area (Å²) in [7, 11) is 0. The van der Waals surface area contributed by atoms with Crippen molar-refractivity contribution < 1.29 is 4.79 Å². The van der Waals surface area contributed by atoms with Crippen molar-refractivity contribution >= 4 is 23.4 Å². The normalized spacial score (nSPS) is 15.9. The molecule has 2 aromatic rings. The van der Waals surface area contributed by atoms with Crippen molar-refractivity contribution in [1.29, 1.82) is 5.26 Å². The highest BCUT2D eigenvalue weighted by Crippen LogP contribution is 2.29. The molecule has 0 spiro atoms. The van der Waals surface area contributed by atoms with Crippen LogP contribution >= 0.6 is 11.8 Å². The van der Waals surface area contributed by atoms with Crippen LogP contribution in [0.15, 0.2) is 35.6 Å². The van der Waals surface area contributed by atoms with E-state index in [-0.39, 0.29) is 5.91 Å². The van der Waals surface area contributed by atoms with Crippen molar-refractivity contribution in [2.24, 2.45) is 5.92 Å². The molecule has 5 nitrogen and oxygen atoms in total. The zero-order valence-corrected chi connectivity index (χ0v) is 15.0. The Bertz CT molecular complexity index is 801. The van der Waals surface area contributed by atoms with E-state index in [1.165, 1.54) is 17.3 Å². The Morgan fingerprint density at radius 3 is 3.00 bits per heavy atom. The molecule has 25 heavy (non-hydrogen) atoms. The van der Waals surface area contributed by atoms with Crippen molar-refractivity contribution in [3.63, 3.8) is 0 Å². The summed E-state index contributed by atoms with van der Waals surface area (Å²) in [5.41, 5.74) is 3.67. The van der Waals surface area contributed by atoms with E-state index < -0.39 is 0 Å². The molecule has 2 heterocycles. The van der Waals surface area contributed by atoms with E-state index in [2.05, 4.69) is 23.3 Å². The predicted octanol–water partition coefficient (Wildman–Crippen LogP) is 3.59. The maximum absolute atomic E-state index is 12.0. The molecule has 1 amide bonds. The minimum atomic E-state index is -0.0519. The van der Waals surface area contributed by atoms with Gasteiger partial charge in [-0.05, 0) is 48.9 Å². The molecule has 0 aliphatic heterocycles. The van der Waals surface area contributed by atoms with Crippen LogP contribution in [0, 0.1) is 17.2 Å². The van der Waals surface area contributed by atoms with Gasteiger partial charge in [-0.25, -0.2) is 4.98 Å². The Hall–Kier alpha value is -2.39. The molecule has 0 bridgehead atoms. The van der Waals surface area contributed by atoms with E-state index in [1.54, 1.807) is 24.5 Å². The van der Waals surface area contributed by atoms with Crippen LogP contribution in [0.1, 0.15) is 36.6 Å². The molecule has 0 aromatic carbocycles. The highest BCUT2D eigenvalue weighted by atomic mass is 32.2. The molecule has 0 saturated heterocycles. The number of hydrogen-bond donors (Lipinski definition) is 1. The number of pyridine rings is 2. The summed E-state index contributed by atoms with van der Waals surface area (Å²) in [5.74, 6) is 1.19. The van der Waals surface area contributed by atoms with E-state index in [9.17, 15) is 10.1 Å². The number of fused-ring (bicyclic) bond motifs is 1. The van der Waals surface area contributed by atoms with Crippen LogP contribution in [0.25, 0.3) is 0 Å². The Morgan fingerprint density at radius 1 is 1.44 bits per heavy atom. The van der Waals surface area contributed by atoms with Gasteiger partial charge in [0.05, 0.1) is 5.56 Å². The number of rotatable bonds is 5. The number of carbonyl (C=O) groups is 1. The zero-order chi connectivity index (χ0) is 17.6. The maximum atomic E-state index is 12.0. The van der Waals surface area contributed by atoms with E-state index in [0.717, 1.165) is 35.7 Å². The van der Waals surface area contributed by atoms with Gasteiger partial charge in [-0.3, -0.25) is 9.78 Å². The fourth-order valence-corrected chi connectivity index (χ4v) is 3.83. The van der Waals surface area contributed by atoms with Crippen LogP contribution in [0.2, 0.25) is 0 Å². The summed E-state index contributed by atoms with van der Waals surface area (Å²) >= 11 is 1.48. The average Bonchev–Trinajstić information content (AvgIpc) is 2.62. The summed E-state index contributed by atoms with van der Waals surface area (Å²) in [4.78, 5) is 20.6. The number of hydrogen-bond acceptors (Lipinski definition) is 5. The third kappa shape index (κ3) is 4.58. The van der Waals surface area contributed by atoms with Crippen LogP contribution in [-0.2, 0) is 17.6 Å². The standard InChI is InChI=1S/C19H20N4OS/c1-13-2-3-17-14(10-13)11-15(12-20)19(23-17)25-9-6-18(24)22-16-4-7-21-8-5-16/h4-5,7-8,11,13H,2-3,6,9-10H2,1H3,(H,21,22,24). The summed E-state index contributed by atoms with van der Waals surface area (Å²) in [6.45, 7) is 2.24. The van der Waals surface area contributed by atoms with E-state index >= 15 is 0 Å². The number of thioether (sulfide) groups is 1. The summed E-state index contributed by atoms with van der Waals surface area (Å²) in [5, 5.41) is 13.0. The number of amides is 1. The second-order valence-corrected chi connectivity index (χ2v) is 7.37. The van der Waals surface area contributed by atoms with E-state index in [0.29, 0.717) is 23.7 Å². The fraction of sp³-hybridized carbons (Fsp3) is 0.368. The third-order valence-electron chi connectivity index (χ3n) is 4.25. The molecule has 3 rings (SSSR count). The first-order chi connectivity index (χ1) is 12.2. The number of anilines is 1. The summed E-state index contributed by atoms with van der Waals surface area (Å²) in [6.07, 6.45) is 6.76. The molecule has 1 unspecified atom stereocenters. The van der Waals surface area contributed by atoms with Gasteiger partial charge in [0.1, 0.15) is 11.1 Å². The topological polar surface area (TPSA) is 78.7 Å². The van der Waals surface area contributed by atoms with Crippen molar-refractivity contribution in [3.8, 4) is 6.07 Å². The SMILES string of the molecule is CC1CCc2nc(SCCC(=O)Nc3ccncc3)c(C#N)cc2C1. The molecule has 128 valence electrons. The van der Waals surface area contributed by atoms with Gasteiger partial charge >= 0.3 is 0 Å². The monoisotopic (exact) mass is 352 g/mol. The lowest BCUT2D eigenvalue weighted by Gasteiger charge is -2.21. The smallest absolute Gasteiger partial charge is 0.225 e. The molecule has 0 fully saturated rings. The number of nitriles is 1. The van der Waals surface area contributed by atoms with Crippen LogP contribution in [-0.4, -0.2) is 21.6 Å². The number of carbonyl (C=O) groups excluding carboxylic acids is 1. The van der Waals surface area contributed by atoms with Crippen LogP contribution in [0.3, 0.4) is 0 Å². The zero-order valence-electron chi connectivity index (χ0n) is 14.2. The minimum Gasteiger partial charge on any atom is -0.326 e. The number of nitrogens with one attached hydrogen (secondary N) is 1. The Morgan fingerprint density at radius 2 is 2.24 bits per heavy atom. The molecule has 0 radical (unpaired) electrons. The fourth-order valence-electron chi connectivity index (χ4n) is 2.92. The molecular formula is C19H20N4OS. The van der Waals surface area contributed by atoms with Gasteiger partial charge in [0.15, 0.2) is 0 Å². The summed E-state index contributed by atoms with van der Waals surface area (Å²) in [6, 6.07) is 7.74. The summed E-state index contributed by atoms with van der Waals surface area (Å²) < 4.78 is 0. The quantitative estimate of drug-likeness (QED) is 0.832. The third-order valence-corrected chi connectivity index (χ3v) is 5.24. The lowest BCUT2D eigenvalue weighted by atomic mass is 9.87. The molecule has 0 saturated carbocycles. The Kier molecular flexibility index (Phi) is 5.67. The van der Waals surface area contributed by atoms with Gasteiger partial charge in [0, 0.05) is 35.9 Å². The number of nitrogens with zero attached hydrogens (tertiary/aromatic N) is 3. The second-order valence-electron chi connectivity index (χ2n) is 6.29. The van der Waals surface area contributed by atoms with Gasteiger partial charge in [-0.1, -0.05) is 6.92 Å². The van der Waals surface area contributed by atoms with Crippen molar-refractivity contribution in [1.82, 2.24) is 9.97 Å². The van der Waals surface area contributed by atoms with Crippen LogP contribution < -0.4 is 5.32 Å². The van der Waals surface area contributed by atoms with Crippen LogP contribution in [0.5, 0.6) is 0 Å². The lowest BCUT2D eigenvalue weighted by Crippen LogP contribution is -2.14. The molecule has 1 aliphatic rings. The molecule has 1 N–H and O–H groups in total. The highest BCUT2D eigenvalue weighted by molar-refractivity contribution is 7.99. The number of aromatic nitrogens is 2. The number of aryl methyl sites for hydroxylation is 1. The second kappa shape index (κ2) is 8.13. The molecule has 1 aliphatic carbocycles. The first-order valence-corrected chi connectivity index (χ1v) is 9.40. The maximum Gasteiger partial charge on any atom is 0.225 e. The van der Waals surface area contributed by atoms with Crippen molar-refractivity contribution in [2.45, 2.75) is 37.6 Å². The Balaban J connectivity index is 1.59. The molecular weight excluding hydrogens is 332 g/mol. The largest absolute Gasteiger partial charge is 0.326 e. The van der Waals surface area contributed by atoms with Gasteiger partial charge in [0.2, 0.25) is 5.91 Å². The van der Waals surface area contributed by atoms with Crippen molar-refractivity contribution in [3.05, 3.63) is 47.4 Å². The lowest BCUT2D eigenvalue weighted by molar-refractivity contribution is -0.115. The van der Waals surface area contributed by atoms with E-state index in [1.807, 2.05) is 6.07 Å². The van der Waals surface area contributed by atoms with Gasteiger partial charge < -0.3 is 5.32 Å².